The number of nitrogens with zero attached hydrogens (tertiary/aromatic N) is 2. The maximum atomic E-state index is 4.06. The molecule has 0 aliphatic rings. The maximum Gasteiger partial charge on any atom is 0.115 e. The molecule has 0 saturated carbocycles. The van der Waals surface area contributed by atoms with E-state index in [-0.39, 0.29) is 5.41 Å². The molecule has 0 atom stereocenters. The second-order valence-corrected chi connectivity index (χ2v) is 4.87. The van der Waals surface area contributed by atoms with Gasteiger partial charge >= 0.3 is 0 Å². The molecule has 1 aromatic heterocycles. The summed E-state index contributed by atoms with van der Waals surface area (Å²) in [6, 6.07) is 0.549. The summed E-state index contributed by atoms with van der Waals surface area (Å²) >= 11 is 0. The summed E-state index contributed by atoms with van der Waals surface area (Å²) in [4.78, 5) is 8.13. The van der Waals surface area contributed by atoms with E-state index in [1.165, 1.54) is 5.56 Å². The van der Waals surface area contributed by atoms with Crippen molar-refractivity contribution in [1.82, 2.24) is 15.3 Å². The third-order valence-electron chi connectivity index (χ3n) is 2.64. The molecule has 0 bridgehead atoms. The van der Waals surface area contributed by atoms with Crippen LogP contribution in [0.3, 0.4) is 0 Å². The number of hydrogen-bond acceptors (Lipinski definition) is 3. The van der Waals surface area contributed by atoms with Crippen molar-refractivity contribution < 1.29 is 0 Å². The Morgan fingerprint density at radius 2 is 1.87 bits per heavy atom. The fourth-order valence-electron chi connectivity index (χ4n) is 1.47. The van der Waals surface area contributed by atoms with Crippen LogP contribution in [-0.2, 0) is 5.41 Å². The van der Waals surface area contributed by atoms with E-state index < -0.39 is 0 Å². The van der Waals surface area contributed by atoms with Crippen molar-refractivity contribution in [2.24, 2.45) is 0 Å². The Balaban J connectivity index is 2.52. The smallest absolute Gasteiger partial charge is 0.115 e. The molecule has 1 rings (SSSR count). The molecule has 0 spiro atoms. The van der Waals surface area contributed by atoms with Gasteiger partial charge < -0.3 is 5.32 Å². The topological polar surface area (TPSA) is 37.8 Å². The molecule has 0 unspecified atom stereocenters. The zero-order valence-corrected chi connectivity index (χ0v) is 10.1. The van der Waals surface area contributed by atoms with Gasteiger partial charge in [0.05, 0.1) is 0 Å². The first kappa shape index (κ1) is 12.1. The molecular formula is C12H21N3. The lowest BCUT2D eigenvalue weighted by Crippen LogP contribution is -2.29. The molecule has 0 amide bonds. The normalized spacial score (nSPS) is 12.1. The average molecular weight is 207 g/mol. The van der Waals surface area contributed by atoms with Crippen LogP contribution in [0.25, 0.3) is 0 Å². The van der Waals surface area contributed by atoms with Crippen molar-refractivity contribution in [3.05, 3.63) is 24.3 Å². The highest BCUT2D eigenvalue weighted by Gasteiger charge is 2.20. The fraction of sp³-hybridized carbons (Fsp3) is 0.667. The first-order valence-corrected chi connectivity index (χ1v) is 5.51. The molecule has 3 heteroatoms. The lowest BCUT2D eigenvalue weighted by Gasteiger charge is -2.25. The highest BCUT2D eigenvalue weighted by atomic mass is 14.9. The van der Waals surface area contributed by atoms with Gasteiger partial charge in [-0.05, 0) is 23.9 Å². The van der Waals surface area contributed by atoms with Crippen LogP contribution in [0.5, 0.6) is 0 Å². The Morgan fingerprint density at radius 3 is 2.40 bits per heavy atom. The molecule has 0 radical (unpaired) electrons. The van der Waals surface area contributed by atoms with Crippen LogP contribution in [0.1, 0.15) is 39.7 Å². The van der Waals surface area contributed by atoms with Crippen molar-refractivity contribution in [1.29, 1.82) is 0 Å². The van der Waals surface area contributed by atoms with E-state index in [4.69, 9.17) is 0 Å². The average Bonchev–Trinajstić information content (AvgIpc) is 2.18. The third-order valence-corrected chi connectivity index (χ3v) is 2.64. The summed E-state index contributed by atoms with van der Waals surface area (Å²) in [5.41, 5.74) is 1.35. The van der Waals surface area contributed by atoms with Crippen molar-refractivity contribution in [2.75, 3.05) is 6.54 Å². The predicted molar refractivity (Wildman–Crippen MR) is 62.8 cm³/mol. The van der Waals surface area contributed by atoms with Crippen LogP contribution in [0.15, 0.2) is 18.7 Å². The standard InChI is InChI=1S/C12H21N3/c1-10(2)15-6-5-12(3,4)11-7-13-9-14-8-11/h7-10,15H,5-6H2,1-4H3. The minimum absolute atomic E-state index is 0.142. The van der Waals surface area contributed by atoms with Gasteiger partial charge in [-0.15, -0.1) is 0 Å². The molecule has 0 aliphatic carbocycles. The quantitative estimate of drug-likeness (QED) is 0.804. The summed E-state index contributed by atoms with van der Waals surface area (Å²) in [5, 5.41) is 3.43. The first-order chi connectivity index (χ1) is 7.02. The van der Waals surface area contributed by atoms with Crippen LogP contribution < -0.4 is 5.32 Å². The monoisotopic (exact) mass is 207 g/mol. The summed E-state index contributed by atoms with van der Waals surface area (Å²) < 4.78 is 0. The molecular weight excluding hydrogens is 186 g/mol. The fourth-order valence-corrected chi connectivity index (χ4v) is 1.47. The van der Waals surface area contributed by atoms with Gasteiger partial charge in [-0.2, -0.15) is 0 Å². The lowest BCUT2D eigenvalue weighted by molar-refractivity contribution is 0.439. The van der Waals surface area contributed by atoms with Gasteiger partial charge in [0.1, 0.15) is 6.33 Å². The molecule has 0 saturated heterocycles. The number of hydrogen-bond donors (Lipinski definition) is 1. The zero-order chi connectivity index (χ0) is 11.3. The molecule has 1 N–H and O–H groups in total. The highest BCUT2D eigenvalue weighted by molar-refractivity contribution is 5.15. The van der Waals surface area contributed by atoms with Crippen molar-refractivity contribution in [2.45, 2.75) is 45.6 Å². The van der Waals surface area contributed by atoms with Crippen LogP contribution >= 0.6 is 0 Å². The van der Waals surface area contributed by atoms with E-state index >= 15 is 0 Å². The maximum absolute atomic E-state index is 4.06. The molecule has 1 aromatic rings. The summed E-state index contributed by atoms with van der Waals surface area (Å²) in [5.74, 6) is 0. The second-order valence-electron chi connectivity index (χ2n) is 4.87. The van der Waals surface area contributed by atoms with Crippen LogP contribution in [-0.4, -0.2) is 22.6 Å². The van der Waals surface area contributed by atoms with E-state index in [2.05, 4.69) is 43.0 Å². The van der Waals surface area contributed by atoms with Crippen molar-refractivity contribution >= 4 is 0 Å². The second kappa shape index (κ2) is 5.21. The Labute approximate surface area is 92.3 Å². The molecule has 0 aromatic carbocycles. The molecule has 0 aliphatic heterocycles. The lowest BCUT2D eigenvalue weighted by atomic mass is 9.83. The van der Waals surface area contributed by atoms with Gasteiger partial charge in [0, 0.05) is 18.4 Å². The van der Waals surface area contributed by atoms with Crippen LogP contribution in [0.2, 0.25) is 0 Å². The Morgan fingerprint density at radius 1 is 1.27 bits per heavy atom. The summed E-state index contributed by atoms with van der Waals surface area (Å²) in [6.07, 6.45) is 6.48. The number of aromatic nitrogens is 2. The van der Waals surface area contributed by atoms with E-state index in [1.54, 1.807) is 6.33 Å². The Kier molecular flexibility index (Phi) is 4.21. The van der Waals surface area contributed by atoms with Gasteiger partial charge in [0.25, 0.3) is 0 Å². The number of rotatable bonds is 5. The van der Waals surface area contributed by atoms with E-state index in [9.17, 15) is 0 Å². The predicted octanol–water partition coefficient (Wildman–Crippen LogP) is 2.14. The SMILES string of the molecule is CC(C)NCCC(C)(C)c1cncnc1. The molecule has 0 fully saturated rings. The van der Waals surface area contributed by atoms with Crippen molar-refractivity contribution in [3.63, 3.8) is 0 Å². The molecule has 84 valence electrons. The summed E-state index contributed by atoms with van der Waals surface area (Å²) in [6.45, 7) is 9.82. The van der Waals surface area contributed by atoms with E-state index in [0.717, 1.165) is 13.0 Å². The molecule has 1 heterocycles. The van der Waals surface area contributed by atoms with Gasteiger partial charge in [-0.25, -0.2) is 9.97 Å². The van der Waals surface area contributed by atoms with Gasteiger partial charge in [-0.3, -0.25) is 0 Å². The Bertz CT molecular complexity index is 280. The van der Waals surface area contributed by atoms with E-state index in [0.29, 0.717) is 6.04 Å². The first-order valence-electron chi connectivity index (χ1n) is 5.51. The van der Waals surface area contributed by atoms with Gasteiger partial charge in [0.15, 0.2) is 0 Å². The summed E-state index contributed by atoms with van der Waals surface area (Å²) in [7, 11) is 0. The third kappa shape index (κ3) is 3.96. The van der Waals surface area contributed by atoms with Crippen LogP contribution in [0, 0.1) is 0 Å². The van der Waals surface area contributed by atoms with Gasteiger partial charge in [0.2, 0.25) is 0 Å². The van der Waals surface area contributed by atoms with Crippen LogP contribution in [0.4, 0.5) is 0 Å². The van der Waals surface area contributed by atoms with Gasteiger partial charge in [-0.1, -0.05) is 27.7 Å². The highest BCUT2D eigenvalue weighted by Crippen LogP contribution is 2.24. The minimum atomic E-state index is 0.142. The largest absolute Gasteiger partial charge is 0.315 e. The minimum Gasteiger partial charge on any atom is -0.315 e. The van der Waals surface area contributed by atoms with E-state index in [1.807, 2.05) is 12.4 Å². The molecule has 3 nitrogen and oxygen atoms in total. The Hall–Kier alpha value is -0.960. The number of nitrogens with one attached hydrogen (secondary N) is 1. The zero-order valence-electron chi connectivity index (χ0n) is 10.1. The van der Waals surface area contributed by atoms with Crippen molar-refractivity contribution in [3.8, 4) is 0 Å². The molecule has 15 heavy (non-hydrogen) atoms.